The molecule has 0 spiro atoms. The second-order valence-electron chi connectivity index (χ2n) is 33.7. The van der Waals surface area contributed by atoms with E-state index in [9.17, 15) is 0 Å². The summed E-state index contributed by atoms with van der Waals surface area (Å²) in [7, 11) is 0. The van der Waals surface area contributed by atoms with Gasteiger partial charge in [0, 0.05) is 79.6 Å². The molecule has 6 aliphatic heterocycles. The van der Waals surface area contributed by atoms with Crippen LogP contribution in [0.3, 0.4) is 0 Å². The molecule has 6 heterocycles. The second kappa shape index (κ2) is 22.3. The number of nitrogens with one attached hydrogen (secondary N) is 1. The van der Waals surface area contributed by atoms with E-state index in [1.54, 1.807) is 0 Å². The van der Waals surface area contributed by atoms with Crippen LogP contribution in [-0.4, -0.2) is 20.1 Å². The summed E-state index contributed by atoms with van der Waals surface area (Å²) in [5, 5.41) is 4.31. The first-order chi connectivity index (χ1) is 48.7. The lowest BCUT2D eigenvalue weighted by atomic mass is 9.29. The van der Waals surface area contributed by atoms with E-state index in [4.69, 9.17) is 0 Å². The number of hydrogen-bond acceptors (Lipinski definition) is 6. The maximum atomic E-state index is 4.31. The van der Waals surface area contributed by atoms with Crippen LogP contribution in [-0.2, 0) is 16.2 Å². The van der Waals surface area contributed by atoms with Crippen LogP contribution in [0.1, 0.15) is 129 Å². The van der Waals surface area contributed by atoms with E-state index in [0.29, 0.717) is 0 Å². The number of fused-ring (bicyclic) bond motifs is 12. The largest absolute Gasteiger partial charge is 0.356 e. The lowest BCUT2D eigenvalue weighted by Gasteiger charge is -2.49. The summed E-state index contributed by atoms with van der Waals surface area (Å²) in [4.78, 5) is 13.3. The van der Waals surface area contributed by atoms with Gasteiger partial charge in [-0.25, -0.2) is 0 Å². The Morgan fingerprint density at radius 3 is 0.931 bits per heavy atom. The van der Waals surface area contributed by atoms with E-state index < -0.39 is 0 Å². The van der Waals surface area contributed by atoms with Crippen molar-refractivity contribution in [1.29, 1.82) is 0 Å². The first-order valence-electron chi connectivity index (χ1n) is 36.9. The highest BCUT2D eigenvalue weighted by Gasteiger charge is 2.52. The molecule has 12 aromatic rings. The maximum Gasteiger partial charge on any atom is 0.252 e. The van der Waals surface area contributed by atoms with Crippen molar-refractivity contribution in [1.82, 2.24) is 0 Å². The quantitative estimate of drug-likeness (QED) is 0.173. The van der Waals surface area contributed by atoms with Crippen LogP contribution in [0.5, 0.6) is 0 Å². The molecule has 0 saturated heterocycles. The van der Waals surface area contributed by atoms with E-state index in [0.717, 1.165) is 17.1 Å². The van der Waals surface area contributed by atoms with Gasteiger partial charge in [-0.2, -0.15) is 0 Å². The Balaban J connectivity index is 1.01. The fraction of sp³-hybridized carbons (Fsp3) is 0.226. The van der Waals surface area contributed by atoms with Crippen LogP contribution in [0, 0.1) is 62.3 Å². The number of aryl methyl sites for hydroxylation is 9. The first kappa shape index (κ1) is 63.8. The van der Waals surface area contributed by atoms with Gasteiger partial charge in [0.15, 0.2) is 0 Å². The highest BCUT2D eigenvalue weighted by atomic mass is 15.2. The molecule has 1 N–H and O–H groups in total. The van der Waals surface area contributed by atoms with Gasteiger partial charge in [-0.05, 0) is 263 Å². The molecule has 9 heteroatoms. The molecule has 0 unspecified atom stereocenters. The molecule has 0 fully saturated rings. The van der Waals surface area contributed by atoms with Crippen LogP contribution in [0.4, 0.5) is 96.7 Å². The summed E-state index contributed by atoms with van der Waals surface area (Å²) in [6, 6.07) is 81.2. The molecular formula is C93H89B3N6. The normalized spacial score (nSPS) is 14.3. The molecule has 0 atom stereocenters. The van der Waals surface area contributed by atoms with Crippen LogP contribution in [0.2, 0.25) is 0 Å². The molecule has 6 aliphatic rings. The van der Waals surface area contributed by atoms with Gasteiger partial charge < -0.3 is 29.8 Å². The van der Waals surface area contributed by atoms with E-state index in [2.05, 4.69) is 361 Å². The Morgan fingerprint density at radius 1 is 0.245 bits per heavy atom. The summed E-state index contributed by atoms with van der Waals surface area (Å²) in [6.45, 7) is 41.8. The SMILES string of the molecule is Cc1cc(C)c(N2c3cc4c(cc3B3c5ccccc5N(c5ccccc5)c5cc(C(C)(C)C)cc2c53)B2c3cc5c(cc3N(c3c(C)cc(C)cc3C)c3cc(C(C)(C)C)cc(c32)N4c2c(C)cc(C)cc2C)Nc2cc(C(C)(C)C)cc3c2B5c2ccccc2N3c2ccccc2)c(C)c1. The third-order valence-electron chi connectivity index (χ3n) is 23.3. The number of rotatable bonds is 5. The zero-order valence-electron chi connectivity index (χ0n) is 62.6. The first-order valence-corrected chi connectivity index (χ1v) is 36.9. The maximum absolute atomic E-state index is 4.31. The van der Waals surface area contributed by atoms with Crippen molar-refractivity contribution in [3.05, 3.63) is 273 Å². The van der Waals surface area contributed by atoms with Crippen molar-refractivity contribution in [2.45, 2.75) is 141 Å². The van der Waals surface area contributed by atoms with Gasteiger partial charge in [0.2, 0.25) is 0 Å². The molecule has 12 aromatic carbocycles. The van der Waals surface area contributed by atoms with E-state index in [1.165, 1.54) is 196 Å². The molecule has 0 saturated carbocycles. The molecule has 0 radical (unpaired) electrons. The molecule has 6 nitrogen and oxygen atoms in total. The molecular weight excluding hydrogens is 1230 g/mol. The lowest BCUT2D eigenvalue weighted by Crippen LogP contribution is -2.66. The average molecular weight is 1320 g/mol. The van der Waals surface area contributed by atoms with Gasteiger partial charge in [0.1, 0.15) is 0 Å². The highest BCUT2D eigenvalue weighted by molar-refractivity contribution is 7.04. The molecule has 0 bridgehead atoms. The van der Waals surface area contributed by atoms with Gasteiger partial charge in [-0.15, -0.1) is 0 Å². The van der Waals surface area contributed by atoms with Crippen molar-refractivity contribution in [2.75, 3.05) is 29.8 Å². The van der Waals surface area contributed by atoms with Crippen LogP contribution in [0.25, 0.3) is 0 Å². The predicted octanol–water partition coefficient (Wildman–Crippen LogP) is 18.9. The van der Waals surface area contributed by atoms with E-state index in [1.807, 2.05) is 0 Å². The number of anilines is 17. The highest BCUT2D eigenvalue weighted by Crippen LogP contribution is 2.54. The Kier molecular flexibility index (Phi) is 14.0. The second-order valence-corrected chi connectivity index (χ2v) is 33.7. The van der Waals surface area contributed by atoms with Gasteiger partial charge in [-0.1, -0.05) is 200 Å². The fourth-order valence-corrected chi connectivity index (χ4v) is 19.1. The zero-order chi connectivity index (χ0) is 70.8. The fourth-order valence-electron chi connectivity index (χ4n) is 19.1. The van der Waals surface area contributed by atoms with Crippen molar-refractivity contribution in [3.63, 3.8) is 0 Å². The average Bonchev–Trinajstić information content (AvgIpc) is 0.679. The number of para-hydroxylation sites is 4. The summed E-state index contributed by atoms with van der Waals surface area (Å²) in [6.07, 6.45) is 0. The van der Waals surface area contributed by atoms with Crippen molar-refractivity contribution < 1.29 is 0 Å². The summed E-state index contributed by atoms with van der Waals surface area (Å²) in [5.41, 5.74) is 46.9. The molecule has 0 amide bonds. The molecule has 500 valence electrons. The van der Waals surface area contributed by atoms with Crippen LogP contribution in [0.15, 0.2) is 206 Å². The molecule has 102 heavy (non-hydrogen) atoms. The van der Waals surface area contributed by atoms with Crippen LogP contribution >= 0.6 is 0 Å². The Bertz CT molecular complexity index is 5540. The zero-order valence-corrected chi connectivity index (χ0v) is 62.6. The van der Waals surface area contributed by atoms with Crippen molar-refractivity contribution in [3.8, 4) is 0 Å². The smallest absolute Gasteiger partial charge is 0.252 e. The molecule has 0 aliphatic carbocycles. The number of hydrogen-bond donors (Lipinski definition) is 1. The third-order valence-corrected chi connectivity index (χ3v) is 23.3. The third kappa shape index (κ3) is 9.40. The summed E-state index contributed by atoms with van der Waals surface area (Å²) >= 11 is 0. The van der Waals surface area contributed by atoms with E-state index >= 15 is 0 Å². The minimum absolute atomic E-state index is 0.0862. The molecule has 0 aromatic heterocycles. The summed E-state index contributed by atoms with van der Waals surface area (Å²) < 4.78 is 0. The standard InChI is InChI=1S/C93H89B3N6/c1-53-37-56(4)88(57(5)38-53)100-77-51-73-69(94-67-33-25-27-35-75(67)98(65-29-21-19-22-30-65)80-44-62(91(10,11)12)43-74(97-73)85(80)94)49-70(77)96-72-50-71-78(52-79(72)102(90-60(8)41-55(3)42-61(90)9)84-48-64(93(16,17)18)47-83(100)87(84)96)101(89-58(6)39-54(2)40-59(89)7)82-46-63(92(13,14)15)45-81-86(82)95(71)68-34-26-28-36-76(68)99(81)66-31-23-20-24-32-66/h19-52,97H,1-18H3. The Hall–Kier alpha value is -10.4. The number of benzene rings is 12. The van der Waals surface area contributed by atoms with Gasteiger partial charge in [-0.3, -0.25) is 0 Å². The lowest BCUT2D eigenvalue weighted by molar-refractivity contribution is 0.590. The van der Waals surface area contributed by atoms with Crippen LogP contribution < -0.4 is 79.0 Å². The van der Waals surface area contributed by atoms with Gasteiger partial charge in [0.05, 0.1) is 17.1 Å². The topological polar surface area (TPSA) is 28.2 Å². The predicted molar refractivity (Wildman–Crippen MR) is 442 cm³/mol. The van der Waals surface area contributed by atoms with Gasteiger partial charge in [0.25, 0.3) is 20.1 Å². The minimum Gasteiger partial charge on any atom is -0.356 e. The Morgan fingerprint density at radius 2 is 0.549 bits per heavy atom. The van der Waals surface area contributed by atoms with Gasteiger partial charge >= 0.3 is 0 Å². The van der Waals surface area contributed by atoms with E-state index in [-0.39, 0.29) is 36.4 Å². The van der Waals surface area contributed by atoms with Crippen molar-refractivity contribution >= 4 is 166 Å². The summed E-state index contributed by atoms with van der Waals surface area (Å²) in [5.74, 6) is 0. The number of nitrogens with zero attached hydrogens (tertiary/aromatic N) is 5. The molecule has 18 rings (SSSR count). The monoisotopic (exact) mass is 1320 g/mol. The van der Waals surface area contributed by atoms with Crippen molar-refractivity contribution in [2.24, 2.45) is 0 Å². The Labute approximate surface area is 606 Å². The minimum atomic E-state index is -0.236.